The molecule has 65 heavy (non-hydrogen) atoms. The number of aromatic carboxylic acids is 3. The van der Waals surface area contributed by atoms with E-state index >= 15 is 0 Å². The Morgan fingerprint density at radius 3 is 1.83 bits per heavy atom. The van der Waals surface area contributed by atoms with Crippen LogP contribution in [0.3, 0.4) is 0 Å². The number of rotatable bonds is 18. The Balaban J connectivity index is 0.000000328. The molecule has 0 fully saturated rings. The molecule has 0 aromatic carbocycles. The normalized spacial score (nSPS) is 11.2. The summed E-state index contributed by atoms with van der Waals surface area (Å²) >= 11 is 5.47. The molecular weight excluding hydrogens is 969 g/mol. The van der Waals surface area contributed by atoms with Crippen LogP contribution in [-0.4, -0.2) is 63.4 Å². The molecule has 1 atom stereocenters. The molecular formula is C46H46F3N7O6RuS2. The van der Waals surface area contributed by atoms with Crippen molar-refractivity contribution in [2.45, 2.75) is 91.2 Å². The summed E-state index contributed by atoms with van der Waals surface area (Å²) in [6, 6.07) is 15.6. The van der Waals surface area contributed by atoms with Crippen LogP contribution in [0.15, 0.2) is 79.3 Å². The number of isothiocyanates is 1. The van der Waals surface area contributed by atoms with E-state index in [1.165, 1.54) is 84.5 Å². The quantitative estimate of drug-likeness (QED) is 0.0317. The van der Waals surface area contributed by atoms with Gasteiger partial charge in [0.05, 0.1) is 39.5 Å². The molecule has 0 aliphatic carbocycles. The van der Waals surface area contributed by atoms with E-state index in [4.69, 9.17) is 15.6 Å². The van der Waals surface area contributed by atoms with Gasteiger partial charge in [-0.1, -0.05) is 83.6 Å². The van der Waals surface area contributed by atoms with Gasteiger partial charge < -0.3 is 30.9 Å². The van der Waals surface area contributed by atoms with Gasteiger partial charge in [0.15, 0.2) is 0 Å². The van der Waals surface area contributed by atoms with E-state index in [2.05, 4.69) is 75.3 Å². The summed E-state index contributed by atoms with van der Waals surface area (Å²) in [4.78, 5) is 53.1. The van der Waals surface area contributed by atoms with Gasteiger partial charge >= 0.3 is 43.6 Å². The van der Waals surface area contributed by atoms with E-state index < -0.39 is 29.8 Å². The van der Waals surface area contributed by atoms with Crippen molar-refractivity contribution in [1.29, 1.82) is 0 Å². The summed E-state index contributed by atoms with van der Waals surface area (Å²) in [5.74, 6) is -2.85. The Morgan fingerprint density at radius 2 is 1.34 bits per heavy atom. The maximum atomic E-state index is 13.5. The maximum Gasteiger partial charge on any atom is 2.00 e. The summed E-state index contributed by atoms with van der Waals surface area (Å²) < 4.78 is 40.5. The third-order valence-electron chi connectivity index (χ3n) is 9.97. The van der Waals surface area contributed by atoms with Gasteiger partial charge in [-0.2, -0.15) is 18.3 Å². The Labute approximate surface area is 396 Å². The molecule has 1 unspecified atom stereocenters. The Hall–Kier alpha value is -5.87. The fourth-order valence-corrected chi connectivity index (χ4v) is 7.72. The van der Waals surface area contributed by atoms with Crippen molar-refractivity contribution in [1.82, 2.24) is 30.1 Å². The number of hydrogen-bond donors (Lipinski definition) is 3. The predicted molar refractivity (Wildman–Crippen MR) is 241 cm³/mol. The maximum absolute atomic E-state index is 13.5. The van der Waals surface area contributed by atoms with Crippen molar-refractivity contribution < 1.29 is 62.4 Å². The second-order valence-electron chi connectivity index (χ2n) is 14.5. The molecule has 0 saturated carbocycles. The first-order valence-electron chi connectivity index (χ1n) is 20.4. The molecule has 6 aromatic rings. The van der Waals surface area contributed by atoms with Crippen LogP contribution < -0.4 is 5.10 Å². The number of thiophene rings is 1. The molecule has 13 nitrogen and oxygen atoms in total. The zero-order valence-corrected chi connectivity index (χ0v) is 39.0. The minimum atomic E-state index is -4.51. The molecule has 0 radical (unpaired) electrons. The molecule has 0 bridgehead atoms. The van der Waals surface area contributed by atoms with E-state index in [1.807, 2.05) is 6.07 Å². The fraction of sp³-hybridized carbons (Fsp3) is 0.326. The number of halogens is 3. The largest absolute Gasteiger partial charge is 2.00 e. The summed E-state index contributed by atoms with van der Waals surface area (Å²) in [6.45, 7) is 6.56. The van der Waals surface area contributed by atoms with Crippen LogP contribution in [0, 0.1) is 5.92 Å². The molecule has 0 spiro atoms. The molecule has 19 heteroatoms. The van der Waals surface area contributed by atoms with Crippen molar-refractivity contribution in [3.05, 3.63) is 117 Å². The number of aromatic nitrogens is 6. The van der Waals surface area contributed by atoms with Gasteiger partial charge in [0.1, 0.15) is 5.69 Å². The second-order valence-corrected chi connectivity index (χ2v) is 15.8. The predicted octanol–water partition coefficient (Wildman–Crippen LogP) is 11.7. The number of nitrogens with zero attached hydrogens (tertiary/aromatic N) is 7. The van der Waals surface area contributed by atoms with Gasteiger partial charge in [0.25, 0.3) is 0 Å². The van der Waals surface area contributed by atoms with Crippen molar-refractivity contribution >= 4 is 46.6 Å². The van der Waals surface area contributed by atoms with Crippen LogP contribution in [0.1, 0.15) is 119 Å². The fourth-order valence-electron chi connectivity index (χ4n) is 6.61. The number of thiocarbonyl (C=S) groups is 1. The van der Waals surface area contributed by atoms with Crippen LogP contribution >= 0.6 is 23.6 Å². The zero-order valence-electron chi connectivity index (χ0n) is 35.7. The SMILES string of the molecule is CCCCCCc1c(C(F)(F)F)n[n-]c1-c1ccc(-c2ccc(CC(CC)CCCC)s2)cn1.O=C(O)c1ccnc(-c2cc(C(=O)O)cc(-c3cc(C(=O)O)ccn3)n2)c1.[N-]=C=S.[Ru+2]. The molecule has 0 aliphatic rings. The standard InChI is InChI=1S/C27H35F3N3S.C18H11N3O6.CNS.Ru/c1-4-7-9-10-12-22-25(32-33-26(22)27(28,29)30)23-15-13-20(18-31-23)24-16-14-21(34-24)17-19(6-3)11-8-5-2;22-16(23)9-1-3-19-12(5-9)14-7-11(18(26)27)8-15(21-14)13-6-10(17(24)25)2-4-20-13;2-1-3;/h13-16,18-19H,4-12,17H2,1-3H3;1-8H,(H,22,23)(H,24,25)(H,26,27);;/q-1;;-1;+2. The number of alkyl halides is 3. The Kier molecular flexibility index (Phi) is 21.5. The molecule has 6 aromatic heterocycles. The average molecular weight is 1020 g/mol. The minimum Gasteiger partial charge on any atom is -0.753 e. The van der Waals surface area contributed by atoms with Crippen LogP contribution in [0.25, 0.3) is 50.0 Å². The van der Waals surface area contributed by atoms with Gasteiger partial charge in [-0.3, -0.25) is 15.0 Å². The number of pyridine rings is 4. The molecule has 0 saturated heterocycles. The number of hydrogen-bond acceptors (Lipinski definition) is 10. The first-order valence-corrected chi connectivity index (χ1v) is 21.7. The summed E-state index contributed by atoms with van der Waals surface area (Å²) in [7, 11) is 0. The molecule has 6 rings (SSSR count). The van der Waals surface area contributed by atoms with Gasteiger partial charge in [0.2, 0.25) is 0 Å². The Bertz CT molecular complexity index is 2470. The van der Waals surface area contributed by atoms with Gasteiger partial charge in [-0.05, 0) is 91.4 Å². The van der Waals surface area contributed by atoms with Crippen molar-refractivity contribution in [3.8, 4) is 44.6 Å². The van der Waals surface area contributed by atoms with Crippen molar-refractivity contribution in [2.24, 2.45) is 5.92 Å². The number of carboxylic acids is 3. The Morgan fingerprint density at radius 1 is 0.769 bits per heavy atom. The first kappa shape index (κ1) is 53.5. The minimum absolute atomic E-state index is 0. The van der Waals surface area contributed by atoms with E-state index in [9.17, 15) is 32.7 Å². The third kappa shape index (κ3) is 15.7. The van der Waals surface area contributed by atoms with Crippen molar-refractivity contribution in [2.75, 3.05) is 0 Å². The van der Waals surface area contributed by atoms with Gasteiger partial charge in [-0.25, -0.2) is 19.4 Å². The molecule has 0 amide bonds. The number of unbranched alkanes of at least 4 members (excludes halogenated alkanes) is 4. The first-order chi connectivity index (χ1) is 30.6. The van der Waals surface area contributed by atoms with E-state index in [0.717, 1.165) is 36.1 Å². The van der Waals surface area contributed by atoms with Crippen molar-refractivity contribution in [3.63, 3.8) is 0 Å². The number of carboxylic acid groups (broad SMARTS) is 3. The van der Waals surface area contributed by atoms with E-state index in [1.54, 1.807) is 23.6 Å². The summed E-state index contributed by atoms with van der Waals surface area (Å²) in [5, 5.41) is 43.4. The topological polar surface area (TPSA) is 213 Å². The smallest absolute Gasteiger partial charge is 0.753 e. The molecule has 3 N–H and O–H groups in total. The summed E-state index contributed by atoms with van der Waals surface area (Å²) in [5.41, 5.74) is 1.34. The molecule has 342 valence electrons. The van der Waals surface area contributed by atoms with Crippen LogP contribution in [0.5, 0.6) is 0 Å². The second kappa shape index (κ2) is 26.2. The van der Waals surface area contributed by atoms with E-state index in [0.29, 0.717) is 24.5 Å². The number of carbonyl (C=O) groups is 3. The van der Waals surface area contributed by atoms with Crippen LogP contribution in [0.4, 0.5) is 13.2 Å². The molecule has 0 aliphatic heterocycles. The van der Waals surface area contributed by atoms with Crippen LogP contribution in [-0.2, 0) is 38.5 Å². The van der Waals surface area contributed by atoms with Gasteiger partial charge in [0, 0.05) is 39.6 Å². The third-order valence-corrected chi connectivity index (χ3v) is 11.1. The zero-order chi connectivity index (χ0) is 46.8. The monoisotopic (exact) mass is 1020 g/mol. The summed E-state index contributed by atoms with van der Waals surface area (Å²) in [6.07, 6.45) is 9.74. The average Bonchev–Trinajstić information content (AvgIpc) is 3.95. The molecule has 6 heterocycles. The van der Waals surface area contributed by atoms with Gasteiger partial charge in [-0.15, -0.1) is 11.3 Å². The van der Waals surface area contributed by atoms with E-state index in [-0.39, 0.29) is 70.2 Å². The van der Waals surface area contributed by atoms with Crippen LogP contribution in [0.2, 0.25) is 0 Å².